The van der Waals surface area contributed by atoms with Crippen molar-refractivity contribution in [3.05, 3.63) is 52.7 Å². The molecule has 2 bridgehead atoms. The molecule has 3 aliphatic carbocycles. The number of sulfonamides is 1. The number of benzene rings is 2. The number of ether oxygens (including phenoxy) is 2. The van der Waals surface area contributed by atoms with Gasteiger partial charge >= 0.3 is 0 Å². The first-order valence-electron chi connectivity index (χ1n) is 11.8. The highest BCUT2D eigenvalue weighted by Crippen LogP contribution is 2.55. The van der Waals surface area contributed by atoms with E-state index in [-0.39, 0.29) is 12.1 Å². The maximum absolute atomic E-state index is 11.7. The molecule has 0 spiro atoms. The maximum atomic E-state index is 11.7. The Kier molecular flexibility index (Phi) is 6.63. The predicted octanol–water partition coefficient (Wildman–Crippen LogP) is 5.18. The molecule has 10 heteroatoms. The molecule has 3 fully saturated rings. The van der Waals surface area contributed by atoms with Gasteiger partial charge in [-0.2, -0.15) is 5.26 Å². The molecule has 3 saturated carbocycles. The first-order valence-corrected chi connectivity index (χ1v) is 14.6. The van der Waals surface area contributed by atoms with Gasteiger partial charge in [0.05, 0.1) is 34.8 Å². The topological polar surface area (TPSA) is 93.3 Å². The molecule has 0 saturated heterocycles. The molecule has 3 aliphatic rings. The molecular weight excluding hydrogens is 521 g/mol. The lowest BCUT2D eigenvalue weighted by Crippen LogP contribution is -2.51. The highest BCUT2D eigenvalue weighted by molar-refractivity contribution is 7.88. The second-order valence-electron chi connectivity index (χ2n) is 9.89. The van der Waals surface area contributed by atoms with Crippen LogP contribution in [0.5, 0.6) is 11.5 Å². The van der Waals surface area contributed by atoms with Crippen LogP contribution in [0.1, 0.15) is 30.5 Å². The van der Waals surface area contributed by atoms with Crippen molar-refractivity contribution in [2.24, 2.45) is 11.8 Å². The van der Waals surface area contributed by atoms with Crippen molar-refractivity contribution in [3.63, 3.8) is 0 Å². The highest BCUT2D eigenvalue weighted by atomic mass is 35.5. The quantitative estimate of drug-likeness (QED) is 0.372. The summed E-state index contributed by atoms with van der Waals surface area (Å²) in [6.07, 6.45) is 3.81. The Morgan fingerprint density at radius 2 is 1.97 bits per heavy atom. The van der Waals surface area contributed by atoms with Crippen LogP contribution < -0.4 is 14.2 Å². The van der Waals surface area contributed by atoms with Crippen LogP contribution in [-0.2, 0) is 10.0 Å². The zero-order chi connectivity index (χ0) is 25.7. The zero-order valence-corrected chi connectivity index (χ0v) is 22.4. The fourth-order valence-corrected chi connectivity index (χ4v) is 7.25. The van der Waals surface area contributed by atoms with Gasteiger partial charge in [-0.25, -0.2) is 13.1 Å². The van der Waals surface area contributed by atoms with Crippen LogP contribution in [0, 0.1) is 30.1 Å². The van der Waals surface area contributed by atoms with E-state index < -0.39 is 10.0 Å². The van der Waals surface area contributed by atoms with E-state index in [9.17, 15) is 13.7 Å². The molecule has 1 unspecified atom stereocenters. The number of halogens is 2. The van der Waals surface area contributed by atoms with Crippen LogP contribution >= 0.6 is 23.2 Å². The van der Waals surface area contributed by atoms with Gasteiger partial charge in [0, 0.05) is 22.3 Å². The lowest BCUT2D eigenvalue weighted by Gasteiger charge is -2.38. The number of hydrogen-bond donors (Lipinski definition) is 1. The Labute approximate surface area is 220 Å². The Hall–Kier alpha value is -2.44. The average Bonchev–Trinajstić information content (AvgIpc) is 3.42. The fraction of sp³-hybridized carbons (Fsp3) is 0.423. The third kappa shape index (κ3) is 4.78. The van der Waals surface area contributed by atoms with E-state index in [1.54, 1.807) is 12.1 Å². The van der Waals surface area contributed by atoms with Gasteiger partial charge in [0.15, 0.2) is 5.75 Å². The molecule has 0 radical (unpaired) electrons. The normalized spacial score (nSPS) is 22.9. The van der Waals surface area contributed by atoms with Gasteiger partial charge in [-0.3, -0.25) is 0 Å². The first-order chi connectivity index (χ1) is 17.1. The monoisotopic (exact) mass is 547 g/mol. The average molecular weight is 548 g/mol. The third-order valence-corrected chi connectivity index (χ3v) is 8.42. The first kappa shape index (κ1) is 25.2. The van der Waals surface area contributed by atoms with Crippen molar-refractivity contribution in [1.29, 1.82) is 5.26 Å². The summed E-state index contributed by atoms with van der Waals surface area (Å²) in [6, 6.07) is 13.7. The van der Waals surface area contributed by atoms with Gasteiger partial charge in [-0.15, -0.1) is 11.6 Å². The molecule has 190 valence electrons. The van der Waals surface area contributed by atoms with Gasteiger partial charge in [0.2, 0.25) is 10.0 Å². The number of aromatic nitrogens is 1. The smallest absolute Gasteiger partial charge is 0.209 e. The molecule has 2 aromatic carbocycles. The SMILES string of the molecule is Cc1cc2cc(OCC3CC4(NS(C)(=O)=O)CC3C4)ccc2n1-c1cc(Cl)c(OCCCl)c(C#N)c1. The molecule has 1 aromatic heterocycles. The summed E-state index contributed by atoms with van der Waals surface area (Å²) in [4.78, 5) is 0. The van der Waals surface area contributed by atoms with E-state index in [0.717, 1.165) is 47.3 Å². The van der Waals surface area contributed by atoms with Crippen LogP contribution in [0.2, 0.25) is 5.02 Å². The fourth-order valence-electron chi connectivity index (χ4n) is 5.87. The van der Waals surface area contributed by atoms with Gasteiger partial charge in [0.1, 0.15) is 18.4 Å². The molecule has 0 amide bonds. The van der Waals surface area contributed by atoms with E-state index in [1.165, 1.54) is 6.26 Å². The molecule has 36 heavy (non-hydrogen) atoms. The maximum Gasteiger partial charge on any atom is 0.209 e. The third-order valence-electron chi connectivity index (χ3n) is 7.18. The standard InChI is InChI=1S/C26H27Cl2N3O4S/c1-16-7-17-9-22(35-15-20-13-26(11-19(20)12-26)30-36(2,32)33)3-4-24(17)31(16)21-8-18(14-29)25(23(28)10-21)34-6-5-27/h3-4,7-10,19-20,30H,5-6,11-13,15H2,1-2H3. The molecule has 1 N–H and O–H groups in total. The molecule has 1 atom stereocenters. The minimum atomic E-state index is -3.21. The molecule has 7 nitrogen and oxygen atoms in total. The summed E-state index contributed by atoms with van der Waals surface area (Å²) >= 11 is 12.2. The van der Waals surface area contributed by atoms with Gasteiger partial charge in [-0.1, -0.05) is 11.6 Å². The predicted molar refractivity (Wildman–Crippen MR) is 141 cm³/mol. The molecule has 6 rings (SSSR count). The summed E-state index contributed by atoms with van der Waals surface area (Å²) in [6.45, 7) is 2.83. The summed E-state index contributed by atoms with van der Waals surface area (Å²) in [5.74, 6) is 2.25. The molecular formula is C26H27Cl2N3O4S. The number of aryl methyl sites for hydroxylation is 1. The lowest BCUT2D eigenvalue weighted by molar-refractivity contribution is 0.182. The number of fused-ring (bicyclic) bond motifs is 2. The van der Waals surface area contributed by atoms with Crippen molar-refractivity contribution >= 4 is 44.1 Å². The largest absolute Gasteiger partial charge is 0.493 e. The molecule has 1 heterocycles. The number of alkyl halides is 1. The summed E-state index contributed by atoms with van der Waals surface area (Å²) in [7, 11) is -3.21. The van der Waals surface area contributed by atoms with Crippen LogP contribution in [0.3, 0.4) is 0 Å². The van der Waals surface area contributed by atoms with E-state index in [0.29, 0.717) is 40.7 Å². The second-order valence-corrected chi connectivity index (χ2v) is 12.4. The van der Waals surface area contributed by atoms with E-state index in [4.69, 9.17) is 32.7 Å². The molecule has 3 aromatic rings. The minimum absolute atomic E-state index is 0.264. The van der Waals surface area contributed by atoms with Gasteiger partial charge in [-0.05, 0) is 74.4 Å². The number of nitrogens with zero attached hydrogens (tertiary/aromatic N) is 2. The van der Waals surface area contributed by atoms with E-state index >= 15 is 0 Å². The van der Waals surface area contributed by atoms with Crippen molar-refractivity contribution in [2.75, 3.05) is 25.3 Å². The van der Waals surface area contributed by atoms with Crippen molar-refractivity contribution in [2.45, 2.75) is 31.7 Å². The summed E-state index contributed by atoms with van der Waals surface area (Å²) in [5.41, 5.74) is 2.79. The summed E-state index contributed by atoms with van der Waals surface area (Å²) < 4.78 is 40.0. The Morgan fingerprint density at radius 1 is 1.19 bits per heavy atom. The van der Waals surface area contributed by atoms with Crippen LogP contribution in [0.4, 0.5) is 0 Å². The Balaban J connectivity index is 1.35. The minimum Gasteiger partial charge on any atom is -0.493 e. The summed E-state index contributed by atoms with van der Waals surface area (Å²) in [5, 5.41) is 11.0. The van der Waals surface area contributed by atoms with Gasteiger partial charge in [0.25, 0.3) is 0 Å². The zero-order valence-electron chi connectivity index (χ0n) is 20.1. The highest BCUT2D eigenvalue weighted by Gasteiger charge is 2.57. The van der Waals surface area contributed by atoms with Crippen LogP contribution in [-0.4, -0.2) is 43.9 Å². The van der Waals surface area contributed by atoms with Crippen molar-refractivity contribution in [3.8, 4) is 23.3 Å². The lowest BCUT2D eigenvalue weighted by atomic mass is 9.77. The van der Waals surface area contributed by atoms with Crippen LogP contribution in [0.15, 0.2) is 36.4 Å². The Bertz CT molecular complexity index is 1470. The second kappa shape index (κ2) is 9.46. The van der Waals surface area contributed by atoms with E-state index in [2.05, 4.69) is 16.9 Å². The number of nitrogens with one attached hydrogen (secondary N) is 1. The van der Waals surface area contributed by atoms with Crippen molar-refractivity contribution < 1.29 is 17.9 Å². The van der Waals surface area contributed by atoms with Crippen LogP contribution in [0.25, 0.3) is 16.6 Å². The Morgan fingerprint density at radius 3 is 2.67 bits per heavy atom. The van der Waals surface area contributed by atoms with E-state index in [1.807, 2.05) is 29.7 Å². The number of rotatable bonds is 9. The number of hydrogen-bond acceptors (Lipinski definition) is 5. The van der Waals surface area contributed by atoms with Crippen molar-refractivity contribution in [1.82, 2.24) is 9.29 Å². The number of nitriles is 1. The molecule has 0 aliphatic heterocycles. The van der Waals surface area contributed by atoms with Gasteiger partial charge < -0.3 is 14.0 Å².